The Bertz CT molecular complexity index is 1190. The van der Waals surface area contributed by atoms with Gasteiger partial charge in [-0.05, 0) is 65.4 Å². The zero-order valence-electron chi connectivity index (χ0n) is 19.5. The lowest BCUT2D eigenvalue weighted by atomic mass is 9.87. The normalized spacial score (nSPS) is 13.6. The minimum absolute atomic E-state index is 0.0698. The summed E-state index contributed by atoms with van der Waals surface area (Å²) in [6.07, 6.45) is 0.959. The fourth-order valence-corrected chi connectivity index (χ4v) is 7.17. The molecule has 0 aliphatic rings. The molecule has 0 bridgehead atoms. The maximum atomic E-state index is 11.4. The molecule has 2 N–H and O–H groups in total. The standard InChI is InChI=1S/C29H30O3P2/c1-22(21-23(2)25-15-19-29(20-16-25)34(30,31)32)24-13-17-28(18-14-24)33(26-9-5-3-6-10-26)27-11-7-4-8-12-27/h3-20,22-23H,21H2,1-2H3,(H2,30,31,32). The maximum Gasteiger partial charge on any atom is 0.356 e. The van der Waals surface area contributed by atoms with Gasteiger partial charge in [0, 0.05) is 0 Å². The molecule has 4 aromatic carbocycles. The van der Waals surface area contributed by atoms with Crippen LogP contribution in [0.1, 0.15) is 43.2 Å². The van der Waals surface area contributed by atoms with Gasteiger partial charge in [0.05, 0.1) is 5.30 Å². The van der Waals surface area contributed by atoms with E-state index in [2.05, 4.69) is 98.8 Å². The van der Waals surface area contributed by atoms with Crippen LogP contribution in [0.2, 0.25) is 0 Å². The molecule has 0 amide bonds. The Morgan fingerprint density at radius 2 is 1.00 bits per heavy atom. The Labute approximate surface area is 203 Å². The number of hydrogen-bond acceptors (Lipinski definition) is 1. The minimum atomic E-state index is -4.20. The minimum Gasteiger partial charge on any atom is -0.321 e. The fraction of sp³-hybridized carbons (Fsp3) is 0.172. The van der Waals surface area contributed by atoms with E-state index in [9.17, 15) is 14.4 Å². The maximum absolute atomic E-state index is 11.4. The second-order valence-corrected chi connectivity index (χ2v) is 12.6. The molecule has 2 atom stereocenters. The Hall–Kier alpha value is -2.54. The summed E-state index contributed by atoms with van der Waals surface area (Å²) in [5.41, 5.74) is 2.40. The van der Waals surface area contributed by atoms with Crippen LogP contribution in [0.5, 0.6) is 0 Å². The van der Waals surface area contributed by atoms with Crippen molar-refractivity contribution in [2.75, 3.05) is 0 Å². The van der Waals surface area contributed by atoms with Gasteiger partial charge in [0.2, 0.25) is 0 Å². The largest absolute Gasteiger partial charge is 0.356 e. The summed E-state index contributed by atoms with van der Waals surface area (Å²) in [4.78, 5) is 18.7. The topological polar surface area (TPSA) is 57.5 Å². The number of rotatable bonds is 8. The van der Waals surface area contributed by atoms with Crippen molar-refractivity contribution >= 4 is 36.7 Å². The van der Waals surface area contributed by atoms with E-state index in [0.717, 1.165) is 12.0 Å². The van der Waals surface area contributed by atoms with Crippen LogP contribution < -0.4 is 21.2 Å². The third-order valence-electron chi connectivity index (χ3n) is 6.25. The smallest absolute Gasteiger partial charge is 0.321 e. The first-order valence-electron chi connectivity index (χ1n) is 11.5. The van der Waals surface area contributed by atoms with Gasteiger partial charge in [0.15, 0.2) is 0 Å². The number of hydrogen-bond donors (Lipinski definition) is 2. The third kappa shape index (κ3) is 5.93. The molecule has 0 spiro atoms. The molecule has 0 aromatic heterocycles. The first-order valence-corrected chi connectivity index (χ1v) is 14.4. The summed E-state index contributed by atoms with van der Waals surface area (Å²) in [6, 6.07) is 37.2. The van der Waals surface area contributed by atoms with E-state index in [1.54, 1.807) is 12.1 Å². The average molecular weight is 489 g/mol. The van der Waals surface area contributed by atoms with Crippen LogP contribution in [0.3, 0.4) is 0 Å². The molecule has 0 heterocycles. The van der Waals surface area contributed by atoms with Gasteiger partial charge < -0.3 is 9.79 Å². The molecular formula is C29H30O3P2. The van der Waals surface area contributed by atoms with E-state index in [1.165, 1.54) is 21.5 Å². The van der Waals surface area contributed by atoms with Crippen molar-refractivity contribution in [1.29, 1.82) is 0 Å². The molecule has 0 aliphatic heterocycles. The van der Waals surface area contributed by atoms with Crippen LogP contribution in [-0.2, 0) is 4.57 Å². The van der Waals surface area contributed by atoms with Crippen LogP contribution in [0, 0.1) is 0 Å². The molecule has 174 valence electrons. The summed E-state index contributed by atoms with van der Waals surface area (Å²) in [5, 5.41) is 4.10. The van der Waals surface area contributed by atoms with Gasteiger partial charge in [-0.3, -0.25) is 4.57 Å². The lowest BCUT2D eigenvalue weighted by Gasteiger charge is -2.21. The van der Waals surface area contributed by atoms with E-state index < -0.39 is 15.5 Å². The third-order valence-corrected chi connectivity index (χ3v) is 9.67. The van der Waals surface area contributed by atoms with Crippen LogP contribution >= 0.6 is 15.5 Å². The molecule has 4 rings (SSSR count). The lowest BCUT2D eigenvalue weighted by molar-refractivity contribution is 0.387. The zero-order valence-corrected chi connectivity index (χ0v) is 21.2. The highest BCUT2D eigenvalue weighted by atomic mass is 31.2. The Balaban J connectivity index is 1.51. The van der Waals surface area contributed by atoms with Crippen molar-refractivity contribution in [3.8, 4) is 0 Å². The summed E-state index contributed by atoms with van der Waals surface area (Å²) in [7, 11) is -4.81. The molecule has 0 aliphatic carbocycles. The fourth-order valence-electron chi connectivity index (χ4n) is 4.35. The average Bonchev–Trinajstić information content (AvgIpc) is 2.85. The lowest BCUT2D eigenvalue weighted by Crippen LogP contribution is -2.20. The van der Waals surface area contributed by atoms with Gasteiger partial charge in [0.1, 0.15) is 0 Å². The quantitative estimate of drug-likeness (QED) is 0.320. The van der Waals surface area contributed by atoms with Gasteiger partial charge in [-0.2, -0.15) is 0 Å². The van der Waals surface area contributed by atoms with Crippen molar-refractivity contribution in [2.24, 2.45) is 0 Å². The monoisotopic (exact) mass is 488 g/mol. The van der Waals surface area contributed by atoms with Crippen LogP contribution in [-0.4, -0.2) is 9.79 Å². The van der Waals surface area contributed by atoms with Crippen LogP contribution in [0.15, 0.2) is 109 Å². The Morgan fingerprint density at radius 1 is 0.618 bits per heavy atom. The van der Waals surface area contributed by atoms with Gasteiger partial charge in [0.25, 0.3) is 0 Å². The van der Waals surface area contributed by atoms with Crippen LogP contribution in [0.25, 0.3) is 0 Å². The second-order valence-electron chi connectivity index (χ2n) is 8.77. The molecular weight excluding hydrogens is 458 g/mol. The van der Waals surface area contributed by atoms with Crippen LogP contribution in [0.4, 0.5) is 0 Å². The van der Waals surface area contributed by atoms with Gasteiger partial charge in [-0.15, -0.1) is 0 Å². The second kappa shape index (κ2) is 10.8. The zero-order chi connectivity index (χ0) is 24.1. The van der Waals surface area contributed by atoms with E-state index in [4.69, 9.17) is 0 Å². The van der Waals surface area contributed by atoms with Crippen molar-refractivity contribution < 1.29 is 14.4 Å². The van der Waals surface area contributed by atoms with Crippen molar-refractivity contribution in [3.63, 3.8) is 0 Å². The molecule has 0 saturated heterocycles. The van der Waals surface area contributed by atoms with E-state index in [0.29, 0.717) is 5.92 Å². The van der Waals surface area contributed by atoms with E-state index in [1.807, 2.05) is 12.1 Å². The first kappa shape index (κ1) is 24.6. The number of benzene rings is 4. The van der Waals surface area contributed by atoms with Crippen molar-refractivity contribution in [3.05, 3.63) is 120 Å². The molecule has 2 unspecified atom stereocenters. The highest BCUT2D eigenvalue weighted by Gasteiger charge is 2.19. The van der Waals surface area contributed by atoms with E-state index in [-0.39, 0.29) is 11.2 Å². The SMILES string of the molecule is CC(CC(C)c1ccc(P(=O)(O)O)cc1)c1ccc(P(c2ccccc2)c2ccccc2)cc1. The Morgan fingerprint density at radius 3 is 1.41 bits per heavy atom. The molecule has 0 saturated carbocycles. The molecule has 0 fully saturated rings. The predicted octanol–water partition coefficient (Wildman–Crippen LogP) is 5.55. The van der Waals surface area contributed by atoms with Crippen molar-refractivity contribution in [1.82, 2.24) is 0 Å². The van der Waals surface area contributed by atoms with Crippen molar-refractivity contribution in [2.45, 2.75) is 32.1 Å². The summed E-state index contributed by atoms with van der Waals surface area (Å²) in [5.74, 6) is 0.649. The molecule has 0 radical (unpaired) electrons. The summed E-state index contributed by atoms with van der Waals surface area (Å²) < 4.78 is 11.4. The highest BCUT2D eigenvalue weighted by molar-refractivity contribution is 7.79. The van der Waals surface area contributed by atoms with Gasteiger partial charge in [-0.1, -0.05) is 111 Å². The van der Waals surface area contributed by atoms with Gasteiger partial charge >= 0.3 is 7.60 Å². The molecule has 34 heavy (non-hydrogen) atoms. The predicted molar refractivity (Wildman–Crippen MR) is 145 cm³/mol. The highest BCUT2D eigenvalue weighted by Crippen LogP contribution is 2.36. The summed E-state index contributed by atoms with van der Waals surface area (Å²) >= 11 is 0. The Kier molecular flexibility index (Phi) is 7.81. The van der Waals surface area contributed by atoms with Gasteiger partial charge in [-0.25, -0.2) is 0 Å². The molecule has 4 aromatic rings. The molecule has 3 nitrogen and oxygen atoms in total. The first-order chi connectivity index (χ1) is 16.3. The van der Waals surface area contributed by atoms with E-state index >= 15 is 0 Å². The summed E-state index contributed by atoms with van der Waals surface area (Å²) in [6.45, 7) is 4.41. The molecule has 5 heteroatoms.